The topological polar surface area (TPSA) is 59.5 Å². The van der Waals surface area contributed by atoms with Crippen LogP contribution >= 0.6 is 0 Å². The summed E-state index contributed by atoms with van der Waals surface area (Å²) in [4.78, 5) is 11.1. The molecule has 0 saturated heterocycles. The maximum absolute atomic E-state index is 5.42. The fraction of sp³-hybridized carbons (Fsp3) is 0.444. The van der Waals surface area contributed by atoms with E-state index in [1.807, 2.05) is 31.2 Å². The number of rotatable bonds is 8. The number of hydrogen-bond donors (Lipinski definition) is 1. The lowest BCUT2D eigenvalue weighted by Crippen LogP contribution is -2.20. The highest BCUT2D eigenvalue weighted by atomic mass is 16.5. The van der Waals surface area contributed by atoms with Gasteiger partial charge >= 0.3 is 0 Å². The van der Waals surface area contributed by atoms with Crippen LogP contribution in [0.5, 0.6) is 11.5 Å². The zero-order valence-electron chi connectivity index (χ0n) is 15.1. The lowest BCUT2D eigenvalue weighted by Gasteiger charge is -2.19. The van der Waals surface area contributed by atoms with E-state index in [4.69, 9.17) is 9.47 Å². The molecule has 0 radical (unpaired) electrons. The van der Waals surface area contributed by atoms with Gasteiger partial charge in [-0.1, -0.05) is 13.3 Å². The number of nitrogens with one attached hydrogen (secondary N) is 1. The van der Waals surface area contributed by atoms with Gasteiger partial charge < -0.3 is 19.7 Å². The second-order valence-corrected chi connectivity index (χ2v) is 5.62. The summed E-state index contributed by atoms with van der Waals surface area (Å²) in [5, 5.41) is 3.31. The number of benzene rings is 1. The minimum absolute atomic E-state index is 0.700. The third kappa shape index (κ3) is 4.50. The molecule has 0 spiro atoms. The van der Waals surface area contributed by atoms with Crippen molar-refractivity contribution in [2.45, 2.75) is 26.7 Å². The molecule has 0 fully saturated rings. The summed E-state index contributed by atoms with van der Waals surface area (Å²) in [6.45, 7) is 5.05. The van der Waals surface area contributed by atoms with Gasteiger partial charge in [0.25, 0.3) is 0 Å². The lowest BCUT2D eigenvalue weighted by molar-refractivity contribution is 0.395. The first-order valence-corrected chi connectivity index (χ1v) is 8.13. The minimum atomic E-state index is 0.700. The van der Waals surface area contributed by atoms with Crippen molar-refractivity contribution >= 4 is 17.3 Å². The number of aryl methyl sites for hydroxylation is 1. The predicted octanol–water partition coefficient (Wildman–Crippen LogP) is 3.78. The average Bonchev–Trinajstić information content (AvgIpc) is 2.59. The van der Waals surface area contributed by atoms with Gasteiger partial charge in [-0.25, -0.2) is 9.97 Å². The predicted molar refractivity (Wildman–Crippen MR) is 97.8 cm³/mol. The molecule has 0 saturated carbocycles. The van der Waals surface area contributed by atoms with E-state index in [9.17, 15) is 0 Å². The first-order valence-electron chi connectivity index (χ1n) is 8.13. The van der Waals surface area contributed by atoms with Crippen molar-refractivity contribution in [3.8, 4) is 11.5 Å². The second kappa shape index (κ2) is 8.38. The molecule has 6 heteroatoms. The molecule has 1 N–H and O–H groups in total. The molecule has 1 aromatic heterocycles. The molecule has 6 nitrogen and oxygen atoms in total. The maximum atomic E-state index is 5.42. The molecular weight excluding hydrogens is 304 g/mol. The van der Waals surface area contributed by atoms with E-state index < -0.39 is 0 Å². The van der Waals surface area contributed by atoms with Crippen LogP contribution in [0.15, 0.2) is 24.3 Å². The van der Waals surface area contributed by atoms with Crippen LogP contribution in [-0.4, -0.2) is 37.8 Å². The minimum Gasteiger partial charge on any atom is -0.497 e. The standard InChI is InChI=1S/C18H26N4O2/c1-6-7-10-22(3)18-12-17(19-13(2)20-18)21-15-9-8-14(23-4)11-16(15)24-5/h8-9,11-12H,6-7,10H2,1-5H3,(H,19,20,21). The molecule has 0 aliphatic carbocycles. The van der Waals surface area contributed by atoms with Crippen LogP contribution < -0.4 is 19.7 Å². The van der Waals surface area contributed by atoms with E-state index >= 15 is 0 Å². The van der Waals surface area contributed by atoms with Crippen molar-refractivity contribution in [3.05, 3.63) is 30.1 Å². The zero-order chi connectivity index (χ0) is 17.5. The molecule has 0 bridgehead atoms. The van der Waals surface area contributed by atoms with Gasteiger partial charge in [0.05, 0.1) is 19.9 Å². The van der Waals surface area contributed by atoms with Gasteiger partial charge in [0.2, 0.25) is 0 Å². The van der Waals surface area contributed by atoms with E-state index in [1.165, 1.54) is 0 Å². The number of ether oxygens (including phenoxy) is 2. The zero-order valence-corrected chi connectivity index (χ0v) is 15.1. The van der Waals surface area contributed by atoms with Crippen LogP contribution in [0.25, 0.3) is 0 Å². The Balaban J connectivity index is 2.25. The Bertz CT molecular complexity index is 676. The Kier molecular flexibility index (Phi) is 6.23. The number of aromatic nitrogens is 2. The molecule has 130 valence electrons. The SMILES string of the molecule is CCCCN(C)c1cc(Nc2ccc(OC)cc2OC)nc(C)n1. The highest BCUT2D eigenvalue weighted by Gasteiger charge is 2.10. The van der Waals surface area contributed by atoms with E-state index in [-0.39, 0.29) is 0 Å². The monoisotopic (exact) mass is 330 g/mol. The van der Waals surface area contributed by atoms with Gasteiger partial charge in [0, 0.05) is 25.7 Å². The Hall–Kier alpha value is -2.50. The van der Waals surface area contributed by atoms with Gasteiger partial charge in [0.1, 0.15) is 29.0 Å². The van der Waals surface area contributed by atoms with Crippen molar-refractivity contribution in [2.75, 3.05) is 38.0 Å². The van der Waals surface area contributed by atoms with Crippen LogP contribution in [0, 0.1) is 6.92 Å². The van der Waals surface area contributed by atoms with Crippen LogP contribution in [0.1, 0.15) is 25.6 Å². The Morgan fingerprint density at radius 2 is 1.92 bits per heavy atom. The van der Waals surface area contributed by atoms with Crippen molar-refractivity contribution in [3.63, 3.8) is 0 Å². The summed E-state index contributed by atoms with van der Waals surface area (Å²) >= 11 is 0. The van der Waals surface area contributed by atoms with E-state index in [2.05, 4.69) is 34.2 Å². The van der Waals surface area contributed by atoms with Gasteiger partial charge in [-0.05, 0) is 25.5 Å². The normalized spacial score (nSPS) is 10.4. The van der Waals surface area contributed by atoms with Gasteiger partial charge in [-0.3, -0.25) is 0 Å². The van der Waals surface area contributed by atoms with Crippen LogP contribution in [0.2, 0.25) is 0 Å². The molecule has 2 aromatic rings. The summed E-state index contributed by atoms with van der Waals surface area (Å²) < 4.78 is 10.7. The van der Waals surface area contributed by atoms with E-state index in [1.54, 1.807) is 14.2 Å². The fourth-order valence-corrected chi connectivity index (χ4v) is 2.36. The molecule has 0 aliphatic rings. The van der Waals surface area contributed by atoms with E-state index in [0.29, 0.717) is 5.75 Å². The summed E-state index contributed by atoms with van der Waals surface area (Å²) in [5.74, 6) is 3.82. The number of anilines is 3. The molecule has 24 heavy (non-hydrogen) atoms. The quantitative estimate of drug-likeness (QED) is 0.795. The maximum Gasteiger partial charge on any atom is 0.146 e. The molecule has 0 atom stereocenters. The van der Waals surface area contributed by atoms with Crippen LogP contribution in [0.3, 0.4) is 0 Å². The summed E-state index contributed by atoms with van der Waals surface area (Å²) in [6, 6.07) is 7.58. The second-order valence-electron chi connectivity index (χ2n) is 5.62. The smallest absolute Gasteiger partial charge is 0.146 e. The number of unbranched alkanes of at least 4 members (excludes halogenated alkanes) is 1. The highest BCUT2D eigenvalue weighted by Crippen LogP contribution is 2.31. The number of nitrogens with zero attached hydrogens (tertiary/aromatic N) is 3. The van der Waals surface area contributed by atoms with Crippen LogP contribution in [0.4, 0.5) is 17.3 Å². The molecule has 0 aliphatic heterocycles. The fourth-order valence-electron chi connectivity index (χ4n) is 2.36. The van der Waals surface area contributed by atoms with Crippen LogP contribution in [-0.2, 0) is 0 Å². The Morgan fingerprint density at radius 3 is 2.58 bits per heavy atom. The van der Waals surface area contributed by atoms with Gasteiger partial charge in [-0.15, -0.1) is 0 Å². The summed E-state index contributed by atoms with van der Waals surface area (Å²) in [7, 11) is 5.32. The summed E-state index contributed by atoms with van der Waals surface area (Å²) in [5.41, 5.74) is 0.832. The summed E-state index contributed by atoms with van der Waals surface area (Å²) in [6.07, 6.45) is 2.29. The molecule has 0 unspecified atom stereocenters. The Labute approximate surface area is 143 Å². The first-order chi connectivity index (χ1) is 11.6. The van der Waals surface area contributed by atoms with E-state index in [0.717, 1.165) is 48.3 Å². The number of methoxy groups -OCH3 is 2. The lowest BCUT2D eigenvalue weighted by atomic mass is 10.2. The van der Waals surface area contributed by atoms with Gasteiger partial charge in [0.15, 0.2) is 0 Å². The molecule has 1 heterocycles. The highest BCUT2D eigenvalue weighted by molar-refractivity contribution is 5.67. The van der Waals surface area contributed by atoms with Gasteiger partial charge in [-0.2, -0.15) is 0 Å². The van der Waals surface area contributed by atoms with Crippen molar-refractivity contribution < 1.29 is 9.47 Å². The molecule has 2 rings (SSSR count). The van der Waals surface area contributed by atoms with Crippen molar-refractivity contribution in [2.24, 2.45) is 0 Å². The number of hydrogen-bond acceptors (Lipinski definition) is 6. The van der Waals surface area contributed by atoms with Crippen molar-refractivity contribution in [1.29, 1.82) is 0 Å². The van der Waals surface area contributed by atoms with Crippen molar-refractivity contribution in [1.82, 2.24) is 9.97 Å². The first kappa shape index (κ1) is 17.8. The molecule has 1 aromatic carbocycles. The average molecular weight is 330 g/mol. The third-order valence-electron chi connectivity index (χ3n) is 3.73. The molecular formula is C18H26N4O2. The third-order valence-corrected chi connectivity index (χ3v) is 3.73. The largest absolute Gasteiger partial charge is 0.497 e. The Morgan fingerprint density at radius 1 is 1.12 bits per heavy atom. The molecule has 0 amide bonds.